The maximum Gasteiger partial charge on any atom is 0.335 e. The zero-order valence-electron chi connectivity index (χ0n) is 11.3. The Kier molecular flexibility index (Phi) is 3.01. The standard InChI is InChI=1S/C12H14N2O7/c1-12(2)20-6-7(21-12)9(19-8(6)10(16)17)14-4-3-5(15)13-11(14)18/h3-4,6-9H,1-2H3,(H,16,17)(H,13,15,18)/t6-,7+,8-,9+/m0/s1. The van der Waals surface area contributed by atoms with E-state index in [0.717, 1.165) is 10.6 Å². The second-order valence-electron chi connectivity index (χ2n) is 5.37. The molecule has 9 heteroatoms. The Bertz CT molecular complexity index is 691. The van der Waals surface area contributed by atoms with Crippen LogP contribution < -0.4 is 11.2 Å². The average molecular weight is 298 g/mol. The van der Waals surface area contributed by atoms with E-state index >= 15 is 0 Å². The van der Waals surface area contributed by atoms with Gasteiger partial charge in [0.15, 0.2) is 18.1 Å². The highest BCUT2D eigenvalue weighted by Gasteiger charge is 2.58. The van der Waals surface area contributed by atoms with Gasteiger partial charge in [0.25, 0.3) is 5.56 Å². The first kappa shape index (κ1) is 14.0. The SMILES string of the molecule is CC1(C)O[C@@H]2[C@H](O1)[C@@H](C(=O)O)O[C@H]2n1ccc(=O)[nH]c1=O. The minimum absolute atomic E-state index is 0.551. The van der Waals surface area contributed by atoms with Gasteiger partial charge in [0.2, 0.25) is 0 Å². The second-order valence-corrected chi connectivity index (χ2v) is 5.37. The number of fused-ring (bicyclic) bond motifs is 1. The van der Waals surface area contributed by atoms with Gasteiger partial charge in [-0.3, -0.25) is 14.3 Å². The van der Waals surface area contributed by atoms with Crippen molar-refractivity contribution in [3.8, 4) is 0 Å². The zero-order valence-corrected chi connectivity index (χ0v) is 11.3. The van der Waals surface area contributed by atoms with Crippen molar-refractivity contribution in [1.82, 2.24) is 9.55 Å². The fourth-order valence-corrected chi connectivity index (χ4v) is 2.63. The molecule has 21 heavy (non-hydrogen) atoms. The Hall–Kier alpha value is -1.97. The molecule has 4 atom stereocenters. The molecule has 2 aliphatic heterocycles. The van der Waals surface area contributed by atoms with E-state index in [-0.39, 0.29) is 0 Å². The van der Waals surface area contributed by atoms with Gasteiger partial charge in [-0.25, -0.2) is 9.59 Å². The molecule has 0 spiro atoms. The van der Waals surface area contributed by atoms with Crippen molar-refractivity contribution in [2.75, 3.05) is 0 Å². The molecule has 0 unspecified atom stereocenters. The van der Waals surface area contributed by atoms with E-state index in [9.17, 15) is 19.5 Å². The van der Waals surface area contributed by atoms with Crippen molar-refractivity contribution in [3.63, 3.8) is 0 Å². The van der Waals surface area contributed by atoms with Crippen LogP contribution in [0.5, 0.6) is 0 Å². The third kappa shape index (κ3) is 2.28. The number of ether oxygens (including phenoxy) is 3. The van der Waals surface area contributed by atoms with Crippen molar-refractivity contribution in [2.45, 2.75) is 44.2 Å². The Morgan fingerprint density at radius 3 is 2.62 bits per heavy atom. The number of hydrogen-bond acceptors (Lipinski definition) is 6. The van der Waals surface area contributed by atoms with Gasteiger partial charge in [-0.15, -0.1) is 0 Å². The molecule has 0 aliphatic carbocycles. The molecule has 2 fully saturated rings. The maximum absolute atomic E-state index is 11.8. The molecule has 9 nitrogen and oxygen atoms in total. The number of nitrogens with zero attached hydrogens (tertiary/aromatic N) is 1. The summed E-state index contributed by atoms with van der Waals surface area (Å²) >= 11 is 0. The van der Waals surface area contributed by atoms with Gasteiger partial charge >= 0.3 is 11.7 Å². The first-order valence-electron chi connectivity index (χ1n) is 6.34. The molecule has 0 aromatic carbocycles. The largest absolute Gasteiger partial charge is 0.479 e. The maximum atomic E-state index is 11.8. The summed E-state index contributed by atoms with van der Waals surface area (Å²) in [6.07, 6.45) is -2.59. The monoisotopic (exact) mass is 298 g/mol. The number of aromatic nitrogens is 2. The molecule has 114 valence electrons. The third-order valence-electron chi connectivity index (χ3n) is 3.40. The molecule has 1 aromatic heterocycles. The van der Waals surface area contributed by atoms with Crippen LogP contribution in [-0.2, 0) is 19.0 Å². The molecule has 1 aromatic rings. The van der Waals surface area contributed by atoms with Crippen LogP contribution in [0.4, 0.5) is 0 Å². The van der Waals surface area contributed by atoms with Gasteiger partial charge in [0.05, 0.1) is 0 Å². The smallest absolute Gasteiger partial charge is 0.335 e. The first-order chi connectivity index (χ1) is 9.78. The minimum atomic E-state index is -1.25. The highest BCUT2D eigenvalue weighted by atomic mass is 16.8. The Morgan fingerprint density at radius 1 is 1.33 bits per heavy atom. The fourth-order valence-electron chi connectivity index (χ4n) is 2.63. The summed E-state index contributed by atoms with van der Waals surface area (Å²) in [6, 6.07) is 1.15. The highest BCUT2D eigenvalue weighted by Crippen LogP contribution is 2.42. The molecule has 0 saturated carbocycles. The van der Waals surface area contributed by atoms with Crippen LogP contribution in [-0.4, -0.2) is 44.7 Å². The predicted molar refractivity (Wildman–Crippen MR) is 66.7 cm³/mol. The Balaban J connectivity index is 2.01. The highest BCUT2D eigenvalue weighted by molar-refractivity contribution is 5.73. The Labute approximate surface area is 118 Å². The van der Waals surface area contributed by atoms with E-state index < -0.39 is 47.5 Å². The second kappa shape index (κ2) is 4.52. The summed E-state index contributed by atoms with van der Waals surface area (Å²) in [5.41, 5.74) is -1.25. The zero-order chi connectivity index (χ0) is 15.4. The number of aliphatic carboxylic acids is 1. The molecule has 2 aliphatic rings. The van der Waals surface area contributed by atoms with Crippen molar-refractivity contribution in [2.24, 2.45) is 0 Å². The summed E-state index contributed by atoms with van der Waals surface area (Å²) in [4.78, 5) is 36.3. The van der Waals surface area contributed by atoms with Crippen molar-refractivity contribution < 1.29 is 24.1 Å². The first-order valence-corrected chi connectivity index (χ1v) is 6.34. The van der Waals surface area contributed by atoms with Crippen molar-refractivity contribution in [1.29, 1.82) is 0 Å². The molecule has 0 amide bonds. The Morgan fingerprint density at radius 2 is 2.00 bits per heavy atom. The molecular weight excluding hydrogens is 284 g/mol. The van der Waals surface area contributed by atoms with E-state index in [1.165, 1.54) is 6.20 Å². The number of aromatic amines is 1. The van der Waals surface area contributed by atoms with Crippen LogP contribution in [0.25, 0.3) is 0 Å². The van der Waals surface area contributed by atoms with Crippen LogP contribution in [0.3, 0.4) is 0 Å². The third-order valence-corrected chi connectivity index (χ3v) is 3.40. The summed E-state index contributed by atoms with van der Waals surface area (Å²) in [5, 5.41) is 9.20. The molecule has 0 radical (unpaired) electrons. The van der Waals surface area contributed by atoms with Crippen LogP contribution in [0, 0.1) is 0 Å². The number of rotatable bonds is 2. The van der Waals surface area contributed by atoms with Gasteiger partial charge in [-0.05, 0) is 13.8 Å². The number of carboxylic acids is 1. The van der Waals surface area contributed by atoms with Crippen LogP contribution >= 0.6 is 0 Å². The lowest BCUT2D eigenvalue weighted by atomic mass is 10.1. The summed E-state index contributed by atoms with van der Waals surface area (Å²) < 4.78 is 17.7. The topological polar surface area (TPSA) is 120 Å². The molecule has 2 N–H and O–H groups in total. The fraction of sp³-hybridized carbons (Fsp3) is 0.583. The van der Waals surface area contributed by atoms with Crippen LogP contribution in [0.15, 0.2) is 21.9 Å². The number of carboxylic acid groups (broad SMARTS) is 1. The summed E-state index contributed by atoms with van der Waals surface area (Å²) in [5.74, 6) is -2.18. The molecule has 2 saturated heterocycles. The quantitative estimate of drug-likeness (QED) is 0.721. The van der Waals surface area contributed by atoms with E-state index in [4.69, 9.17) is 14.2 Å². The van der Waals surface area contributed by atoms with Gasteiger partial charge in [0.1, 0.15) is 12.2 Å². The van der Waals surface area contributed by atoms with Gasteiger partial charge in [-0.1, -0.05) is 0 Å². The summed E-state index contributed by atoms with van der Waals surface area (Å²) in [6.45, 7) is 3.30. The van der Waals surface area contributed by atoms with Crippen LogP contribution in [0.1, 0.15) is 20.1 Å². The van der Waals surface area contributed by atoms with E-state index in [0.29, 0.717) is 0 Å². The normalized spacial score (nSPS) is 33.8. The molecular formula is C12H14N2O7. The number of H-pyrrole nitrogens is 1. The molecule has 3 heterocycles. The lowest BCUT2D eigenvalue weighted by molar-refractivity contribution is -0.203. The lowest BCUT2D eigenvalue weighted by Gasteiger charge is -2.23. The molecule has 3 rings (SSSR count). The minimum Gasteiger partial charge on any atom is -0.479 e. The summed E-state index contributed by atoms with van der Waals surface area (Å²) in [7, 11) is 0. The molecule has 0 bridgehead atoms. The van der Waals surface area contributed by atoms with E-state index in [1.54, 1.807) is 13.8 Å². The van der Waals surface area contributed by atoms with Crippen LogP contribution in [0.2, 0.25) is 0 Å². The van der Waals surface area contributed by atoms with Gasteiger partial charge in [-0.2, -0.15) is 0 Å². The predicted octanol–water partition coefficient (Wildman–Crippen LogP) is -0.961. The number of nitrogens with one attached hydrogen (secondary N) is 1. The van der Waals surface area contributed by atoms with E-state index in [2.05, 4.69) is 4.98 Å². The van der Waals surface area contributed by atoms with Gasteiger partial charge in [0, 0.05) is 12.3 Å². The van der Waals surface area contributed by atoms with Crippen molar-refractivity contribution >= 4 is 5.97 Å². The number of hydrogen-bond donors (Lipinski definition) is 2. The van der Waals surface area contributed by atoms with Crippen molar-refractivity contribution in [3.05, 3.63) is 33.1 Å². The van der Waals surface area contributed by atoms with E-state index in [1.807, 2.05) is 0 Å². The lowest BCUT2D eigenvalue weighted by Crippen LogP contribution is -2.37. The number of carbonyl (C=O) groups is 1. The average Bonchev–Trinajstić information content (AvgIpc) is 2.82. The van der Waals surface area contributed by atoms with Gasteiger partial charge < -0.3 is 19.3 Å².